The minimum absolute atomic E-state index is 0.654. The van der Waals surface area contributed by atoms with E-state index in [2.05, 4.69) is 41.2 Å². The summed E-state index contributed by atoms with van der Waals surface area (Å²) in [6.07, 6.45) is 2.35. The highest BCUT2D eigenvalue weighted by molar-refractivity contribution is 9.10. The van der Waals surface area contributed by atoms with Crippen LogP contribution in [-0.4, -0.2) is 13.7 Å². The maximum atomic E-state index is 5.93. The van der Waals surface area contributed by atoms with Crippen molar-refractivity contribution >= 4 is 15.9 Å². The molecule has 0 aliphatic heterocycles. The molecule has 1 rings (SSSR count). The molecule has 1 aromatic rings. The molecule has 0 aromatic heterocycles. The molecule has 17 heavy (non-hydrogen) atoms. The van der Waals surface area contributed by atoms with Crippen molar-refractivity contribution in [1.82, 2.24) is 5.32 Å². The summed E-state index contributed by atoms with van der Waals surface area (Å²) in [4.78, 5) is 0. The van der Waals surface area contributed by atoms with Crippen LogP contribution in [0.15, 0.2) is 22.7 Å². The Morgan fingerprint density at radius 2 is 2.00 bits per heavy atom. The van der Waals surface area contributed by atoms with Crippen LogP contribution in [0.25, 0.3) is 0 Å². The number of rotatable bonds is 7. The quantitative estimate of drug-likeness (QED) is 0.822. The Morgan fingerprint density at radius 3 is 2.59 bits per heavy atom. The number of nitrogens with one attached hydrogen (secondary N) is 1. The molecule has 0 atom stereocenters. The molecular formula is C14H22BrNO. The van der Waals surface area contributed by atoms with E-state index in [0.717, 1.165) is 23.4 Å². The lowest BCUT2D eigenvalue weighted by atomic mass is 10.1. The van der Waals surface area contributed by atoms with Gasteiger partial charge in [-0.25, -0.2) is 0 Å². The third-order valence-corrected chi connectivity index (χ3v) is 3.51. The van der Waals surface area contributed by atoms with E-state index in [9.17, 15) is 0 Å². The van der Waals surface area contributed by atoms with E-state index in [1.54, 1.807) is 0 Å². The summed E-state index contributed by atoms with van der Waals surface area (Å²) in [7, 11) is 1.95. The predicted molar refractivity (Wildman–Crippen MR) is 76.5 cm³/mol. The Hall–Kier alpha value is -0.540. The van der Waals surface area contributed by atoms with Gasteiger partial charge in [-0.05, 0) is 31.2 Å². The summed E-state index contributed by atoms with van der Waals surface area (Å²) in [5, 5.41) is 3.17. The molecule has 2 nitrogen and oxygen atoms in total. The second kappa shape index (κ2) is 7.72. The normalized spacial score (nSPS) is 10.9. The van der Waals surface area contributed by atoms with Gasteiger partial charge in [0.2, 0.25) is 0 Å². The Balaban J connectivity index is 2.68. The molecule has 0 spiro atoms. The molecule has 0 heterocycles. The molecule has 0 amide bonds. The Morgan fingerprint density at radius 1 is 1.29 bits per heavy atom. The van der Waals surface area contributed by atoms with Crippen LogP contribution in [0.2, 0.25) is 0 Å². The third-order valence-electron chi connectivity index (χ3n) is 3.02. The maximum absolute atomic E-state index is 5.93. The number of hydrogen-bond donors (Lipinski definition) is 1. The highest BCUT2D eigenvalue weighted by Crippen LogP contribution is 2.24. The topological polar surface area (TPSA) is 21.3 Å². The van der Waals surface area contributed by atoms with Crippen molar-refractivity contribution in [2.24, 2.45) is 5.92 Å². The van der Waals surface area contributed by atoms with E-state index in [1.807, 2.05) is 19.2 Å². The Labute approximate surface area is 113 Å². The zero-order chi connectivity index (χ0) is 12.7. The SMILES string of the molecule is CCC(CC)COc1ccc(Br)cc1CNC. The summed E-state index contributed by atoms with van der Waals surface area (Å²) < 4.78 is 7.02. The first-order valence-electron chi connectivity index (χ1n) is 6.27. The fourth-order valence-corrected chi connectivity index (χ4v) is 2.16. The molecule has 96 valence electrons. The molecule has 1 aromatic carbocycles. The van der Waals surface area contributed by atoms with E-state index in [4.69, 9.17) is 4.74 Å². The molecule has 0 radical (unpaired) electrons. The summed E-state index contributed by atoms with van der Waals surface area (Å²) in [5.74, 6) is 1.65. The maximum Gasteiger partial charge on any atom is 0.123 e. The minimum atomic E-state index is 0.654. The molecule has 0 unspecified atom stereocenters. The van der Waals surface area contributed by atoms with Crippen molar-refractivity contribution in [3.8, 4) is 5.75 Å². The molecule has 0 saturated heterocycles. The van der Waals surface area contributed by atoms with Gasteiger partial charge < -0.3 is 10.1 Å². The Bertz CT molecular complexity index is 337. The minimum Gasteiger partial charge on any atom is -0.493 e. The molecule has 0 saturated carbocycles. The summed E-state index contributed by atoms with van der Waals surface area (Å²) in [6, 6.07) is 6.18. The fourth-order valence-electron chi connectivity index (χ4n) is 1.75. The highest BCUT2D eigenvalue weighted by Gasteiger charge is 2.08. The van der Waals surface area contributed by atoms with Crippen LogP contribution in [0.1, 0.15) is 32.3 Å². The lowest BCUT2D eigenvalue weighted by molar-refractivity contribution is 0.238. The van der Waals surface area contributed by atoms with Gasteiger partial charge in [0, 0.05) is 16.6 Å². The second-order valence-electron chi connectivity index (χ2n) is 4.28. The molecule has 0 fully saturated rings. The van der Waals surface area contributed by atoms with Crippen LogP contribution in [0.4, 0.5) is 0 Å². The standard InChI is InChI=1S/C14H22BrNO/c1-4-11(5-2)10-17-14-7-6-13(15)8-12(14)9-16-3/h6-8,11,16H,4-5,9-10H2,1-3H3. The van der Waals surface area contributed by atoms with Crippen LogP contribution in [0.5, 0.6) is 5.75 Å². The van der Waals surface area contributed by atoms with Gasteiger partial charge in [0.05, 0.1) is 6.61 Å². The van der Waals surface area contributed by atoms with E-state index in [-0.39, 0.29) is 0 Å². The molecular weight excluding hydrogens is 278 g/mol. The van der Waals surface area contributed by atoms with Gasteiger partial charge in [-0.3, -0.25) is 0 Å². The number of halogens is 1. The van der Waals surface area contributed by atoms with Gasteiger partial charge in [0.15, 0.2) is 0 Å². The van der Waals surface area contributed by atoms with Crippen molar-refractivity contribution in [3.63, 3.8) is 0 Å². The summed E-state index contributed by atoms with van der Waals surface area (Å²) in [6.45, 7) is 6.07. The van der Waals surface area contributed by atoms with E-state index >= 15 is 0 Å². The lowest BCUT2D eigenvalue weighted by Crippen LogP contribution is -2.13. The van der Waals surface area contributed by atoms with Gasteiger partial charge in [0.25, 0.3) is 0 Å². The molecule has 1 N–H and O–H groups in total. The first-order chi connectivity index (χ1) is 8.21. The Kier molecular flexibility index (Phi) is 6.60. The zero-order valence-corrected chi connectivity index (χ0v) is 12.5. The third kappa shape index (κ3) is 4.68. The number of benzene rings is 1. The van der Waals surface area contributed by atoms with Gasteiger partial charge in [0.1, 0.15) is 5.75 Å². The predicted octanol–water partition coefficient (Wildman–Crippen LogP) is 3.98. The van der Waals surface area contributed by atoms with Crippen LogP contribution in [0.3, 0.4) is 0 Å². The van der Waals surface area contributed by atoms with Crippen molar-refractivity contribution in [2.75, 3.05) is 13.7 Å². The summed E-state index contributed by atoms with van der Waals surface area (Å²) >= 11 is 3.49. The first kappa shape index (κ1) is 14.5. The van der Waals surface area contributed by atoms with Crippen molar-refractivity contribution in [1.29, 1.82) is 0 Å². The molecule has 0 aliphatic rings. The monoisotopic (exact) mass is 299 g/mol. The van der Waals surface area contributed by atoms with Crippen molar-refractivity contribution in [2.45, 2.75) is 33.2 Å². The van der Waals surface area contributed by atoms with E-state index in [0.29, 0.717) is 5.92 Å². The second-order valence-corrected chi connectivity index (χ2v) is 5.19. The summed E-state index contributed by atoms with van der Waals surface area (Å²) in [5.41, 5.74) is 1.20. The van der Waals surface area contributed by atoms with Crippen LogP contribution in [-0.2, 0) is 6.54 Å². The van der Waals surface area contributed by atoms with E-state index < -0.39 is 0 Å². The van der Waals surface area contributed by atoms with E-state index in [1.165, 1.54) is 18.4 Å². The average molecular weight is 300 g/mol. The largest absolute Gasteiger partial charge is 0.493 e. The smallest absolute Gasteiger partial charge is 0.123 e. The van der Waals surface area contributed by atoms with Crippen LogP contribution in [0, 0.1) is 5.92 Å². The van der Waals surface area contributed by atoms with Gasteiger partial charge >= 0.3 is 0 Å². The highest BCUT2D eigenvalue weighted by atomic mass is 79.9. The van der Waals surface area contributed by atoms with Crippen LogP contribution < -0.4 is 10.1 Å². The zero-order valence-electron chi connectivity index (χ0n) is 10.9. The lowest BCUT2D eigenvalue weighted by Gasteiger charge is -2.16. The van der Waals surface area contributed by atoms with Gasteiger partial charge in [-0.1, -0.05) is 42.6 Å². The fraction of sp³-hybridized carbons (Fsp3) is 0.571. The van der Waals surface area contributed by atoms with Crippen molar-refractivity contribution in [3.05, 3.63) is 28.2 Å². The molecule has 0 aliphatic carbocycles. The van der Waals surface area contributed by atoms with Gasteiger partial charge in [-0.2, -0.15) is 0 Å². The first-order valence-corrected chi connectivity index (χ1v) is 7.06. The van der Waals surface area contributed by atoms with Crippen molar-refractivity contribution < 1.29 is 4.74 Å². The molecule has 0 bridgehead atoms. The van der Waals surface area contributed by atoms with Gasteiger partial charge in [-0.15, -0.1) is 0 Å². The average Bonchev–Trinajstić information content (AvgIpc) is 2.33. The van der Waals surface area contributed by atoms with Crippen LogP contribution >= 0.6 is 15.9 Å². The number of ether oxygens (including phenoxy) is 1. The molecule has 3 heteroatoms. The number of hydrogen-bond acceptors (Lipinski definition) is 2.